The molecular weight excluding hydrogens is 450 g/mol. The first kappa shape index (κ1) is 23.7. The SMILES string of the molecule is CN(C)C[C@H](NC(=O)c1ccc(OC(F)(F)F)c([N+](=O)[O-])c1)c1ccc(Cl)c(Cl)c1. The fourth-order valence-corrected chi connectivity index (χ4v) is 2.89. The van der Waals surface area contributed by atoms with Crippen LogP contribution < -0.4 is 10.1 Å². The van der Waals surface area contributed by atoms with E-state index in [4.69, 9.17) is 23.2 Å². The summed E-state index contributed by atoms with van der Waals surface area (Å²) in [7, 11) is 3.54. The van der Waals surface area contributed by atoms with Gasteiger partial charge in [0.1, 0.15) is 0 Å². The molecule has 12 heteroatoms. The van der Waals surface area contributed by atoms with E-state index in [0.29, 0.717) is 17.1 Å². The van der Waals surface area contributed by atoms with Crippen LogP contribution in [0.5, 0.6) is 5.75 Å². The fourth-order valence-electron chi connectivity index (χ4n) is 2.58. The zero-order chi connectivity index (χ0) is 22.6. The van der Waals surface area contributed by atoms with Gasteiger partial charge in [0.15, 0.2) is 0 Å². The molecule has 7 nitrogen and oxygen atoms in total. The summed E-state index contributed by atoms with van der Waals surface area (Å²) in [6, 6.07) is 6.66. The molecule has 0 aliphatic heterocycles. The number of hydrogen-bond acceptors (Lipinski definition) is 5. The van der Waals surface area contributed by atoms with Crippen LogP contribution in [-0.4, -0.2) is 42.7 Å². The number of carbonyl (C=O) groups excluding carboxylic acids is 1. The number of halogens is 5. The predicted molar refractivity (Wildman–Crippen MR) is 105 cm³/mol. The van der Waals surface area contributed by atoms with Gasteiger partial charge >= 0.3 is 12.0 Å². The van der Waals surface area contributed by atoms with Crippen molar-refractivity contribution in [1.29, 1.82) is 0 Å². The van der Waals surface area contributed by atoms with Gasteiger partial charge in [-0.15, -0.1) is 13.2 Å². The Labute approximate surface area is 179 Å². The molecule has 0 aliphatic rings. The van der Waals surface area contributed by atoms with Crippen LogP contribution in [0, 0.1) is 10.1 Å². The zero-order valence-electron chi connectivity index (χ0n) is 15.7. The van der Waals surface area contributed by atoms with E-state index in [-0.39, 0.29) is 10.6 Å². The molecule has 2 rings (SSSR count). The van der Waals surface area contributed by atoms with Crippen molar-refractivity contribution >= 4 is 34.8 Å². The van der Waals surface area contributed by atoms with Gasteiger partial charge in [0, 0.05) is 18.2 Å². The number of rotatable bonds is 7. The van der Waals surface area contributed by atoms with Gasteiger partial charge in [0.05, 0.1) is 21.0 Å². The predicted octanol–water partition coefficient (Wildman–Crippen LogP) is 4.83. The minimum atomic E-state index is -5.11. The Balaban J connectivity index is 2.33. The molecule has 30 heavy (non-hydrogen) atoms. The maximum atomic E-state index is 12.7. The summed E-state index contributed by atoms with van der Waals surface area (Å²) in [6.07, 6.45) is -5.11. The second kappa shape index (κ2) is 9.50. The molecule has 0 saturated heterocycles. The van der Waals surface area contributed by atoms with Crippen LogP contribution in [0.1, 0.15) is 22.0 Å². The zero-order valence-corrected chi connectivity index (χ0v) is 17.2. The molecule has 0 saturated carbocycles. The van der Waals surface area contributed by atoms with E-state index >= 15 is 0 Å². The molecule has 0 aromatic heterocycles. The number of carbonyl (C=O) groups is 1. The standard InChI is InChI=1S/C18H16Cl2F3N3O4/c1-25(2)9-14(10-3-5-12(19)13(20)7-10)24-17(27)11-4-6-16(30-18(21,22)23)15(8-11)26(28)29/h3-8,14H,9H2,1-2H3,(H,24,27)/t14-/m0/s1. The molecular formula is C18H16Cl2F3N3O4. The summed E-state index contributed by atoms with van der Waals surface area (Å²) >= 11 is 11.9. The van der Waals surface area contributed by atoms with Crippen molar-refractivity contribution in [2.75, 3.05) is 20.6 Å². The molecule has 1 N–H and O–H groups in total. The third kappa shape index (κ3) is 6.48. The molecule has 2 aromatic carbocycles. The lowest BCUT2D eigenvalue weighted by Crippen LogP contribution is -2.35. The Bertz CT molecular complexity index is 955. The summed E-state index contributed by atoms with van der Waals surface area (Å²) in [5.41, 5.74) is -0.573. The Hall–Kier alpha value is -2.56. The van der Waals surface area contributed by atoms with Gasteiger partial charge in [-0.3, -0.25) is 14.9 Å². The van der Waals surface area contributed by atoms with Crippen molar-refractivity contribution in [3.8, 4) is 5.75 Å². The molecule has 2 aromatic rings. The number of nitro benzene ring substituents is 1. The fraction of sp³-hybridized carbons (Fsp3) is 0.278. The Kier molecular flexibility index (Phi) is 7.51. The lowest BCUT2D eigenvalue weighted by atomic mass is 10.1. The van der Waals surface area contributed by atoms with Gasteiger partial charge in [-0.1, -0.05) is 29.3 Å². The van der Waals surface area contributed by atoms with Gasteiger partial charge in [0.2, 0.25) is 5.75 Å². The topological polar surface area (TPSA) is 84.7 Å². The summed E-state index contributed by atoms with van der Waals surface area (Å²) in [6.45, 7) is 0.348. The van der Waals surface area contributed by atoms with Crippen molar-refractivity contribution in [2.45, 2.75) is 12.4 Å². The number of ether oxygens (including phenoxy) is 1. The first-order chi connectivity index (χ1) is 13.9. The molecule has 0 unspecified atom stereocenters. The second-order valence-electron chi connectivity index (χ2n) is 6.45. The van der Waals surface area contributed by atoms with Crippen molar-refractivity contribution in [2.24, 2.45) is 0 Å². The molecule has 0 aliphatic carbocycles. The third-order valence-corrected chi connectivity index (χ3v) is 4.58. The van der Waals surface area contributed by atoms with E-state index in [1.165, 1.54) is 0 Å². The van der Waals surface area contributed by atoms with E-state index in [1.54, 1.807) is 37.2 Å². The maximum Gasteiger partial charge on any atom is 0.573 e. The summed E-state index contributed by atoms with van der Waals surface area (Å²) in [4.78, 5) is 24.5. The van der Waals surface area contributed by atoms with Gasteiger partial charge in [0.25, 0.3) is 5.91 Å². The van der Waals surface area contributed by atoms with E-state index in [9.17, 15) is 28.1 Å². The van der Waals surface area contributed by atoms with Gasteiger partial charge in [-0.25, -0.2) is 0 Å². The number of likely N-dealkylation sites (N-methyl/N-ethyl adjacent to an activating group) is 1. The molecule has 1 atom stereocenters. The first-order valence-corrected chi connectivity index (χ1v) is 9.07. The lowest BCUT2D eigenvalue weighted by Gasteiger charge is -2.23. The van der Waals surface area contributed by atoms with Crippen LogP contribution in [0.15, 0.2) is 36.4 Å². The highest BCUT2D eigenvalue weighted by Crippen LogP contribution is 2.33. The van der Waals surface area contributed by atoms with E-state index in [0.717, 1.165) is 18.2 Å². The van der Waals surface area contributed by atoms with Crippen LogP contribution in [0.4, 0.5) is 18.9 Å². The Morgan fingerprint density at radius 2 is 1.87 bits per heavy atom. The monoisotopic (exact) mass is 465 g/mol. The van der Waals surface area contributed by atoms with Crippen LogP contribution in [0.25, 0.3) is 0 Å². The number of hydrogen-bond donors (Lipinski definition) is 1. The van der Waals surface area contributed by atoms with Crippen LogP contribution in [0.3, 0.4) is 0 Å². The molecule has 162 valence electrons. The normalized spacial score (nSPS) is 12.5. The van der Waals surface area contributed by atoms with Gasteiger partial charge in [-0.2, -0.15) is 0 Å². The molecule has 0 bridgehead atoms. The third-order valence-electron chi connectivity index (χ3n) is 3.84. The van der Waals surface area contributed by atoms with Crippen LogP contribution in [-0.2, 0) is 0 Å². The minimum Gasteiger partial charge on any atom is -0.398 e. The van der Waals surface area contributed by atoms with Gasteiger partial charge < -0.3 is 15.0 Å². The summed E-state index contributed by atoms with van der Waals surface area (Å²) < 4.78 is 41.0. The molecule has 0 spiro atoms. The number of nitrogens with one attached hydrogen (secondary N) is 1. The van der Waals surface area contributed by atoms with Crippen LogP contribution in [0.2, 0.25) is 10.0 Å². The van der Waals surface area contributed by atoms with Crippen molar-refractivity contribution < 1.29 is 27.6 Å². The van der Waals surface area contributed by atoms with E-state index in [2.05, 4.69) is 10.1 Å². The summed E-state index contributed by atoms with van der Waals surface area (Å²) in [5.74, 6) is -1.74. The molecule has 0 radical (unpaired) electrons. The van der Waals surface area contributed by atoms with E-state index in [1.807, 2.05) is 0 Å². The van der Waals surface area contributed by atoms with Crippen molar-refractivity contribution in [1.82, 2.24) is 10.2 Å². The molecule has 0 heterocycles. The number of nitrogens with zero attached hydrogens (tertiary/aromatic N) is 2. The largest absolute Gasteiger partial charge is 0.573 e. The molecule has 0 fully saturated rings. The number of benzene rings is 2. The average Bonchev–Trinajstić information content (AvgIpc) is 2.61. The summed E-state index contributed by atoms with van der Waals surface area (Å²) in [5, 5.41) is 14.4. The maximum absolute atomic E-state index is 12.7. The smallest absolute Gasteiger partial charge is 0.398 e. The van der Waals surface area contributed by atoms with Crippen LogP contribution >= 0.6 is 23.2 Å². The van der Waals surface area contributed by atoms with Gasteiger partial charge in [-0.05, 0) is 43.9 Å². The highest BCUT2D eigenvalue weighted by Gasteiger charge is 2.34. The van der Waals surface area contributed by atoms with E-state index < -0.39 is 34.7 Å². The number of alkyl halides is 3. The Morgan fingerprint density at radius 1 is 1.20 bits per heavy atom. The van der Waals surface area contributed by atoms with Crippen molar-refractivity contribution in [3.63, 3.8) is 0 Å². The average molecular weight is 466 g/mol. The quantitative estimate of drug-likeness (QED) is 0.467. The number of nitro groups is 1. The first-order valence-electron chi connectivity index (χ1n) is 8.32. The lowest BCUT2D eigenvalue weighted by molar-refractivity contribution is -0.388. The number of amides is 1. The second-order valence-corrected chi connectivity index (χ2v) is 7.26. The highest BCUT2D eigenvalue weighted by atomic mass is 35.5. The molecule has 1 amide bonds. The van der Waals surface area contributed by atoms with Crippen molar-refractivity contribution in [3.05, 3.63) is 67.7 Å². The minimum absolute atomic E-state index is 0.208. The highest BCUT2D eigenvalue weighted by molar-refractivity contribution is 6.42. The Morgan fingerprint density at radius 3 is 2.40 bits per heavy atom.